The lowest BCUT2D eigenvalue weighted by Gasteiger charge is -2.41. The molecule has 0 bridgehead atoms. The fraction of sp³-hybridized carbons (Fsp3) is 0.471. The SMILES string of the molecule is Cc1cc(O[C@H](CN2CCN(C(=O)OC(C)(C)C)[C@H](C)C2)c2ccc(C3CC3)cn2)c(I)cc1C(=O)Nc1ncccc1C. The summed E-state index contributed by atoms with van der Waals surface area (Å²) in [5.74, 6) is 1.66. The predicted octanol–water partition coefficient (Wildman–Crippen LogP) is 6.89. The van der Waals surface area contributed by atoms with Crippen LogP contribution < -0.4 is 10.1 Å². The highest BCUT2D eigenvalue weighted by molar-refractivity contribution is 14.1. The molecule has 1 aliphatic carbocycles. The van der Waals surface area contributed by atoms with Crippen molar-refractivity contribution in [1.29, 1.82) is 0 Å². The van der Waals surface area contributed by atoms with E-state index in [-0.39, 0.29) is 24.1 Å². The Hall–Kier alpha value is -3.25. The molecule has 2 atom stereocenters. The fourth-order valence-electron chi connectivity index (χ4n) is 5.42. The smallest absolute Gasteiger partial charge is 0.410 e. The summed E-state index contributed by atoms with van der Waals surface area (Å²) >= 11 is 2.23. The molecule has 1 aromatic carbocycles. The summed E-state index contributed by atoms with van der Waals surface area (Å²) in [6, 6.07) is 11.8. The van der Waals surface area contributed by atoms with Gasteiger partial charge in [-0.2, -0.15) is 0 Å². The van der Waals surface area contributed by atoms with Crippen molar-refractivity contribution in [1.82, 2.24) is 19.8 Å². The first-order chi connectivity index (χ1) is 20.9. The quantitative estimate of drug-likeness (QED) is 0.255. The van der Waals surface area contributed by atoms with E-state index in [1.807, 2.05) is 70.0 Å². The van der Waals surface area contributed by atoms with E-state index < -0.39 is 5.60 Å². The molecule has 9 nitrogen and oxygen atoms in total. The first-order valence-electron chi connectivity index (χ1n) is 15.3. The van der Waals surface area contributed by atoms with Crippen molar-refractivity contribution in [3.05, 3.63) is 80.3 Å². The van der Waals surface area contributed by atoms with Crippen molar-refractivity contribution in [2.45, 2.75) is 78.0 Å². The average molecular weight is 712 g/mol. The van der Waals surface area contributed by atoms with Gasteiger partial charge in [-0.25, -0.2) is 9.78 Å². The topological polar surface area (TPSA) is 96.9 Å². The van der Waals surface area contributed by atoms with Gasteiger partial charge < -0.3 is 19.7 Å². The number of anilines is 1. The van der Waals surface area contributed by atoms with E-state index in [2.05, 4.69) is 56.8 Å². The number of aromatic nitrogens is 2. The molecule has 1 N–H and O–H groups in total. The standard InChI is InChI=1S/C34H42IN5O4/c1-21-8-7-13-36-31(21)38-32(41)26-17-27(35)29(16-22(26)2)43-30(28-12-11-25(18-37-28)24-9-10-24)20-39-14-15-40(23(3)19-39)33(42)44-34(4,5)6/h7-8,11-13,16-18,23-24,30H,9-10,14-15,19-20H2,1-6H3,(H,36,38,41)/t23-,30-/m1/s1. The number of halogens is 1. The Labute approximate surface area is 273 Å². The predicted molar refractivity (Wildman–Crippen MR) is 179 cm³/mol. The van der Waals surface area contributed by atoms with Crippen molar-refractivity contribution in [3.8, 4) is 5.75 Å². The molecule has 0 radical (unpaired) electrons. The number of aryl methyl sites for hydroxylation is 2. The minimum absolute atomic E-state index is 0.00707. The van der Waals surface area contributed by atoms with E-state index in [0.29, 0.717) is 49.2 Å². The number of nitrogens with zero attached hydrogens (tertiary/aromatic N) is 4. The van der Waals surface area contributed by atoms with Crippen LogP contribution in [0.15, 0.2) is 48.8 Å². The van der Waals surface area contributed by atoms with Crippen LogP contribution in [0.2, 0.25) is 0 Å². The normalized spacial score (nSPS) is 18.1. The van der Waals surface area contributed by atoms with Crippen molar-refractivity contribution in [2.75, 3.05) is 31.5 Å². The van der Waals surface area contributed by atoms with Crippen molar-refractivity contribution in [3.63, 3.8) is 0 Å². The van der Waals surface area contributed by atoms with E-state index in [0.717, 1.165) is 20.4 Å². The maximum atomic E-state index is 13.2. The molecule has 2 amide bonds. The minimum Gasteiger partial charge on any atom is -0.482 e. The molecule has 0 unspecified atom stereocenters. The number of piperazine rings is 1. The summed E-state index contributed by atoms with van der Waals surface area (Å²) in [4.78, 5) is 39.2. The Bertz CT molecular complexity index is 1500. The molecular formula is C34H42IN5O4. The van der Waals surface area contributed by atoms with Gasteiger partial charge in [0.05, 0.1) is 9.26 Å². The number of hydrogen-bond acceptors (Lipinski definition) is 7. The Morgan fingerprint density at radius 2 is 1.86 bits per heavy atom. The van der Waals surface area contributed by atoms with Crippen LogP contribution in [0.3, 0.4) is 0 Å². The van der Waals surface area contributed by atoms with Gasteiger partial charge in [0.2, 0.25) is 0 Å². The Kier molecular flexibility index (Phi) is 9.79. The molecule has 10 heteroatoms. The molecule has 44 heavy (non-hydrogen) atoms. The maximum absolute atomic E-state index is 13.2. The second-order valence-corrected chi connectivity index (χ2v) is 14.1. The highest BCUT2D eigenvalue weighted by atomic mass is 127. The largest absolute Gasteiger partial charge is 0.482 e. The van der Waals surface area contributed by atoms with Gasteiger partial charge in [-0.15, -0.1) is 0 Å². The lowest BCUT2D eigenvalue weighted by atomic mass is 10.1. The molecule has 234 valence electrons. The van der Waals surface area contributed by atoms with Crippen LogP contribution in [0, 0.1) is 17.4 Å². The van der Waals surface area contributed by atoms with Gasteiger partial charge in [-0.1, -0.05) is 12.1 Å². The van der Waals surface area contributed by atoms with Gasteiger partial charge in [0.15, 0.2) is 6.10 Å². The third kappa shape index (κ3) is 8.06. The molecular weight excluding hydrogens is 669 g/mol. The van der Waals surface area contributed by atoms with Gasteiger partial charge in [-0.05, 0) is 124 Å². The zero-order valence-electron chi connectivity index (χ0n) is 26.4. The van der Waals surface area contributed by atoms with Crippen molar-refractivity contribution >= 4 is 40.4 Å². The molecule has 0 spiro atoms. The van der Waals surface area contributed by atoms with Crippen LogP contribution in [-0.2, 0) is 4.74 Å². The number of benzene rings is 1. The summed E-state index contributed by atoms with van der Waals surface area (Å²) < 4.78 is 13.2. The van der Waals surface area contributed by atoms with E-state index in [1.165, 1.54) is 18.4 Å². The van der Waals surface area contributed by atoms with Crippen LogP contribution in [0.4, 0.5) is 10.6 Å². The first-order valence-corrected chi connectivity index (χ1v) is 16.3. The second-order valence-electron chi connectivity index (χ2n) is 12.9. The number of ether oxygens (including phenoxy) is 2. The number of amides is 2. The summed E-state index contributed by atoms with van der Waals surface area (Å²) in [5.41, 5.74) is 3.88. The summed E-state index contributed by atoms with van der Waals surface area (Å²) in [5, 5.41) is 2.93. The van der Waals surface area contributed by atoms with Crippen LogP contribution in [0.25, 0.3) is 0 Å². The molecule has 2 aliphatic rings. The van der Waals surface area contributed by atoms with Crippen LogP contribution in [0.5, 0.6) is 5.75 Å². The molecule has 3 aromatic rings. The van der Waals surface area contributed by atoms with Crippen molar-refractivity contribution in [2.24, 2.45) is 0 Å². The number of carbonyl (C=O) groups excluding carboxylic acids is 2. The van der Waals surface area contributed by atoms with E-state index >= 15 is 0 Å². The molecule has 1 saturated carbocycles. The van der Waals surface area contributed by atoms with Gasteiger partial charge in [0.1, 0.15) is 17.2 Å². The molecule has 2 fully saturated rings. The second kappa shape index (κ2) is 13.4. The zero-order valence-corrected chi connectivity index (χ0v) is 28.6. The van der Waals surface area contributed by atoms with Crippen LogP contribution in [0.1, 0.15) is 85.3 Å². The number of pyridine rings is 2. The van der Waals surface area contributed by atoms with Gasteiger partial charge in [0.25, 0.3) is 5.91 Å². The van der Waals surface area contributed by atoms with Crippen LogP contribution in [-0.4, -0.2) is 69.6 Å². The minimum atomic E-state index is -0.534. The number of hydrogen-bond donors (Lipinski definition) is 1. The zero-order chi connectivity index (χ0) is 31.6. The lowest BCUT2D eigenvalue weighted by molar-refractivity contribution is -0.00319. The Morgan fingerprint density at radius 1 is 1.09 bits per heavy atom. The average Bonchev–Trinajstić information content (AvgIpc) is 3.80. The lowest BCUT2D eigenvalue weighted by Crippen LogP contribution is -2.55. The number of rotatable bonds is 8. The van der Waals surface area contributed by atoms with Gasteiger partial charge >= 0.3 is 6.09 Å². The van der Waals surface area contributed by atoms with E-state index in [4.69, 9.17) is 14.5 Å². The van der Waals surface area contributed by atoms with Gasteiger partial charge in [0, 0.05) is 50.2 Å². The number of nitrogens with one attached hydrogen (secondary N) is 1. The number of carbonyl (C=O) groups is 2. The Morgan fingerprint density at radius 3 is 2.50 bits per heavy atom. The summed E-state index contributed by atoms with van der Waals surface area (Å²) in [7, 11) is 0. The van der Waals surface area contributed by atoms with Gasteiger partial charge in [-0.3, -0.25) is 14.7 Å². The summed E-state index contributed by atoms with van der Waals surface area (Å²) in [6.07, 6.45) is 5.47. The van der Waals surface area contributed by atoms with Crippen LogP contribution >= 0.6 is 22.6 Å². The highest BCUT2D eigenvalue weighted by Crippen LogP contribution is 2.40. The van der Waals surface area contributed by atoms with E-state index in [9.17, 15) is 9.59 Å². The molecule has 2 aromatic heterocycles. The third-order valence-corrected chi connectivity index (χ3v) is 8.83. The van der Waals surface area contributed by atoms with Crippen molar-refractivity contribution < 1.29 is 19.1 Å². The molecule has 1 aliphatic heterocycles. The first kappa shape index (κ1) is 32.2. The third-order valence-electron chi connectivity index (χ3n) is 7.99. The van der Waals surface area contributed by atoms with E-state index in [1.54, 1.807) is 6.20 Å². The maximum Gasteiger partial charge on any atom is 0.410 e. The molecule has 5 rings (SSSR count). The molecule has 1 saturated heterocycles. The highest BCUT2D eigenvalue weighted by Gasteiger charge is 2.33. The monoisotopic (exact) mass is 711 g/mol. The fourth-order valence-corrected chi connectivity index (χ4v) is 6.01. The Balaban J connectivity index is 1.33. The summed E-state index contributed by atoms with van der Waals surface area (Å²) in [6.45, 7) is 14.1. The molecule has 3 heterocycles.